The van der Waals surface area contributed by atoms with E-state index in [2.05, 4.69) is 5.32 Å². The van der Waals surface area contributed by atoms with Gasteiger partial charge in [0.15, 0.2) is 0 Å². The second-order valence-corrected chi connectivity index (χ2v) is 6.74. The molecular weight excluding hydrogens is 298 g/mol. The summed E-state index contributed by atoms with van der Waals surface area (Å²) in [5.41, 5.74) is -0.306. The molecule has 20 heavy (non-hydrogen) atoms. The summed E-state index contributed by atoms with van der Waals surface area (Å²) >= 11 is 7.49. The van der Waals surface area contributed by atoms with E-state index in [1.165, 1.54) is 11.8 Å². The molecule has 1 aromatic carbocycles. The van der Waals surface area contributed by atoms with Gasteiger partial charge in [0.25, 0.3) is 5.91 Å². The Kier molecular flexibility index (Phi) is 5.48. The van der Waals surface area contributed by atoms with Crippen LogP contribution in [0.5, 0.6) is 0 Å². The highest BCUT2D eigenvalue weighted by molar-refractivity contribution is 7.98. The van der Waals surface area contributed by atoms with Crippen molar-refractivity contribution in [1.82, 2.24) is 5.32 Å². The van der Waals surface area contributed by atoms with Gasteiger partial charge in [-0.3, -0.25) is 4.79 Å². The van der Waals surface area contributed by atoms with Gasteiger partial charge >= 0.3 is 5.97 Å². The van der Waals surface area contributed by atoms with Crippen molar-refractivity contribution in [3.8, 4) is 0 Å². The molecule has 0 aliphatic rings. The van der Waals surface area contributed by atoms with E-state index in [1.54, 1.807) is 32.9 Å². The van der Waals surface area contributed by atoms with Gasteiger partial charge in [0.1, 0.15) is 6.04 Å². The van der Waals surface area contributed by atoms with E-state index in [-0.39, 0.29) is 5.56 Å². The second-order valence-electron chi connectivity index (χ2n) is 5.46. The van der Waals surface area contributed by atoms with E-state index in [9.17, 15) is 14.7 Å². The summed E-state index contributed by atoms with van der Waals surface area (Å²) in [5, 5.41) is 12.1. The van der Waals surface area contributed by atoms with Crippen LogP contribution in [0.25, 0.3) is 0 Å². The van der Waals surface area contributed by atoms with Gasteiger partial charge in [0.2, 0.25) is 0 Å². The first-order valence-electron chi connectivity index (χ1n) is 6.04. The number of amides is 1. The molecular formula is C14H18ClNO3S. The zero-order valence-corrected chi connectivity index (χ0v) is 13.4. The summed E-state index contributed by atoms with van der Waals surface area (Å²) in [5.74, 6) is -1.55. The molecule has 0 saturated carbocycles. The van der Waals surface area contributed by atoms with Crippen LogP contribution in [0.4, 0.5) is 0 Å². The fraction of sp³-hybridized carbons (Fsp3) is 0.429. The molecule has 0 aromatic heterocycles. The van der Waals surface area contributed by atoms with E-state index < -0.39 is 23.3 Å². The van der Waals surface area contributed by atoms with Gasteiger partial charge in [-0.15, -0.1) is 11.8 Å². The summed E-state index contributed by atoms with van der Waals surface area (Å²) in [6, 6.07) is 4.12. The number of carboxylic acid groups (broad SMARTS) is 1. The van der Waals surface area contributed by atoms with Crippen molar-refractivity contribution in [2.45, 2.75) is 31.7 Å². The van der Waals surface area contributed by atoms with E-state index in [4.69, 9.17) is 11.6 Å². The first-order valence-corrected chi connectivity index (χ1v) is 7.64. The molecule has 1 atom stereocenters. The van der Waals surface area contributed by atoms with E-state index in [1.807, 2.05) is 12.3 Å². The molecule has 0 aliphatic carbocycles. The third kappa shape index (κ3) is 4.15. The zero-order chi connectivity index (χ0) is 15.5. The van der Waals surface area contributed by atoms with Gasteiger partial charge in [-0.25, -0.2) is 4.79 Å². The van der Waals surface area contributed by atoms with E-state index in [0.29, 0.717) is 5.02 Å². The monoisotopic (exact) mass is 315 g/mol. The fourth-order valence-corrected chi connectivity index (χ4v) is 2.31. The van der Waals surface area contributed by atoms with Crippen molar-refractivity contribution in [2.75, 3.05) is 6.26 Å². The van der Waals surface area contributed by atoms with Crippen LogP contribution in [0.2, 0.25) is 5.02 Å². The highest BCUT2D eigenvalue weighted by Gasteiger charge is 2.33. The molecule has 6 heteroatoms. The number of hydrogen-bond acceptors (Lipinski definition) is 3. The Balaban J connectivity index is 3.03. The van der Waals surface area contributed by atoms with E-state index >= 15 is 0 Å². The number of halogens is 1. The molecule has 0 aliphatic heterocycles. The summed E-state index contributed by atoms with van der Waals surface area (Å²) in [4.78, 5) is 24.4. The SMILES string of the molecule is CSc1ccc(Cl)c(C(=O)N[C@@H](C(=O)O)C(C)(C)C)c1. The van der Waals surface area contributed by atoms with Crippen LogP contribution in [-0.4, -0.2) is 29.3 Å². The summed E-state index contributed by atoms with van der Waals surface area (Å²) < 4.78 is 0. The van der Waals surface area contributed by atoms with Gasteiger partial charge in [-0.2, -0.15) is 0 Å². The number of rotatable bonds is 4. The molecule has 0 bridgehead atoms. The molecule has 2 N–H and O–H groups in total. The van der Waals surface area contributed by atoms with Crippen LogP contribution >= 0.6 is 23.4 Å². The number of hydrogen-bond donors (Lipinski definition) is 2. The fourth-order valence-electron chi connectivity index (χ4n) is 1.66. The normalized spacial score (nSPS) is 12.8. The van der Waals surface area contributed by atoms with Crippen molar-refractivity contribution in [1.29, 1.82) is 0 Å². The Morgan fingerprint density at radius 1 is 1.35 bits per heavy atom. The highest BCUT2D eigenvalue weighted by atomic mass is 35.5. The van der Waals surface area contributed by atoms with Crippen LogP contribution in [0.1, 0.15) is 31.1 Å². The molecule has 1 amide bonds. The average molecular weight is 316 g/mol. The maximum absolute atomic E-state index is 12.2. The van der Waals surface area contributed by atoms with Crippen LogP contribution in [0.15, 0.2) is 23.1 Å². The Bertz CT molecular complexity index is 526. The predicted molar refractivity (Wildman–Crippen MR) is 81.6 cm³/mol. The van der Waals surface area contributed by atoms with Gasteiger partial charge in [-0.1, -0.05) is 32.4 Å². The Labute approximate surface area is 127 Å². The molecule has 1 aromatic rings. The smallest absolute Gasteiger partial charge is 0.326 e. The predicted octanol–water partition coefficient (Wildman–Crippen LogP) is 3.29. The largest absolute Gasteiger partial charge is 0.480 e. The van der Waals surface area contributed by atoms with Crippen molar-refractivity contribution < 1.29 is 14.7 Å². The summed E-state index contributed by atoms with van der Waals surface area (Å²) in [7, 11) is 0. The number of carbonyl (C=O) groups excluding carboxylic acids is 1. The molecule has 0 fully saturated rings. The minimum absolute atomic E-state index is 0.286. The molecule has 0 radical (unpaired) electrons. The summed E-state index contributed by atoms with van der Waals surface area (Å²) in [6.45, 7) is 5.27. The number of thioether (sulfide) groups is 1. The van der Waals surface area contributed by atoms with Gasteiger partial charge in [0.05, 0.1) is 10.6 Å². The zero-order valence-electron chi connectivity index (χ0n) is 11.9. The molecule has 0 unspecified atom stereocenters. The molecule has 0 saturated heterocycles. The Morgan fingerprint density at radius 2 is 1.95 bits per heavy atom. The minimum atomic E-state index is -1.07. The maximum Gasteiger partial charge on any atom is 0.326 e. The van der Waals surface area contributed by atoms with Gasteiger partial charge < -0.3 is 10.4 Å². The molecule has 0 spiro atoms. The number of carboxylic acids is 1. The molecule has 4 nitrogen and oxygen atoms in total. The second kappa shape index (κ2) is 6.50. The highest BCUT2D eigenvalue weighted by Crippen LogP contribution is 2.24. The van der Waals surface area contributed by atoms with Crippen molar-refractivity contribution in [3.63, 3.8) is 0 Å². The van der Waals surface area contributed by atoms with Crippen molar-refractivity contribution >= 4 is 35.2 Å². The lowest BCUT2D eigenvalue weighted by molar-refractivity contribution is -0.142. The maximum atomic E-state index is 12.2. The topological polar surface area (TPSA) is 66.4 Å². The van der Waals surface area contributed by atoms with Crippen molar-refractivity contribution in [2.24, 2.45) is 5.41 Å². The van der Waals surface area contributed by atoms with Crippen LogP contribution in [0.3, 0.4) is 0 Å². The Morgan fingerprint density at radius 3 is 2.40 bits per heavy atom. The minimum Gasteiger partial charge on any atom is -0.480 e. The first-order chi connectivity index (χ1) is 9.16. The molecule has 110 valence electrons. The van der Waals surface area contributed by atoms with Crippen LogP contribution < -0.4 is 5.32 Å². The lowest BCUT2D eigenvalue weighted by Crippen LogP contribution is -2.49. The first kappa shape index (κ1) is 16.9. The lowest BCUT2D eigenvalue weighted by Gasteiger charge is -2.27. The van der Waals surface area contributed by atoms with Crippen LogP contribution in [0, 0.1) is 5.41 Å². The standard InChI is InChI=1S/C14H18ClNO3S/c1-14(2,3)11(13(18)19)16-12(17)9-7-8(20-4)5-6-10(9)15/h5-7,11H,1-4H3,(H,16,17)(H,18,19)/t11-/m0/s1. The third-order valence-electron chi connectivity index (χ3n) is 2.81. The third-order valence-corrected chi connectivity index (χ3v) is 3.86. The average Bonchev–Trinajstić information content (AvgIpc) is 2.34. The van der Waals surface area contributed by atoms with E-state index in [0.717, 1.165) is 4.90 Å². The Hall–Kier alpha value is -1.20. The number of nitrogens with one attached hydrogen (secondary N) is 1. The number of benzene rings is 1. The van der Waals surface area contributed by atoms with Gasteiger partial charge in [0, 0.05) is 4.90 Å². The van der Waals surface area contributed by atoms with Gasteiger partial charge in [-0.05, 0) is 29.9 Å². The quantitative estimate of drug-likeness (QED) is 0.837. The molecule has 1 rings (SSSR count). The molecule has 0 heterocycles. The summed E-state index contributed by atoms with van der Waals surface area (Å²) in [6.07, 6.45) is 1.89. The number of aliphatic carboxylic acids is 1. The van der Waals surface area contributed by atoms with Crippen molar-refractivity contribution in [3.05, 3.63) is 28.8 Å². The van der Waals surface area contributed by atoms with Crippen LogP contribution in [-0.2, 0) is 4.79 Å². The lowest BCUT2D eigenvalue weighted by atomic mass is 9.86. The number of carbonyl (C=O) groups is 2.